The molecule has 4 heteroatoms. The fourth-order valence-electron chi connectivity index (χ4n) is 1.75. The Bertz CT molecular complexity index is 356. The van der Waals surface area contributed by atoms with E-state index in [1.54, 1.807) is 6.20 Å². The van der Waals surface area contributed by atoms with Crippen molar-refractivity contribution in [3.63, 3.8) is 0 Å². The molecule has 0 radical (unpaired) electrons. The second-order valence-corrected chi connectivity index (χ2v) is 4.06. The minimum atomic E-state index is 0.0777. The Morgan fingerprint density at radius 2 is 2.19 bits per heavy atom. The van der Waals surface area contributed by atoms with E-state index >= 15 is 0 Å². The third-order valence-electron chi connectivity index (χ3n) is 2.77. The van der Waals surface area contributed by atoms with Gasteiger partial charge in [-0.3, -0.25) is 9.78 Å². The van der Waals surface area contributed by atoms with Gasteiger partial charge >= 0.3 is 0 Å². The van der Waals surface area contributed by atoms with Crippen molar-refractivity contribution < 1.29 is 9.53 Å². The normalized spacial score (nSPS) is 17.1. The highest BCUT2D eigenvalue weighted by Gasteiger charge is 2.21. The lowest BCUT2D eigenvalue weighted by Gasteiger charge is -2.21. The number of carbonyl (C=O) groups is 1. The molecule has 86 valence electrons. The van der Waals surface area contributed by atoms with Gasteiger partial charge in [0.05, 0.1) is 11.9 Å². The molecule has 16 heavy (non-hydrogen) atoms. The summed E-state index contributed by atoms with van der Waals surface area (Å²) in [7, 11) is 0. The summed E-state index contributed by atoms with van der Waals surface area (Å²) in [6, 6.07) is 3.76. The predicted octanol–water partition coefficient (Wildman–Crippen LogP) is 1.76. The molecular weight excluding hydrogens is 204 g/mol. The number of aromatic nitrogens is 1. The lowest BCUT2D eigenvalue weighted by molar-refractivity contribution is -0.122. The lowest BCUT2D eigenvalue weighted by Crippen LogP contribution is -2.28. The molecule has 0 saturated carbocycles. The van der Waals surface area contributed by atoms with Crippen molar-refractivity contribution in [1.29, 1.82) is 0 Å². The van der Waals surface area contributed by atoms with Crippen LogP contribution in [-0.4, -0.2) is 24.1 Å². The summed E-state index contributed by atoms with van der Waals surface area (Å²) in [6.07, 6.45) is 3.31. The summed E-state index contributed by atoms with van der Waals surface area (Å²) >= 11 is 0. The summed E-state index contributed by atoms with van der Waals surface area (Å²) in [6.45, 7) is 3.29. The van der Waals surface area contributed by atoms with E-state index < -0.39 is 0 Å². The Hall–Kier alpha value is -1.42. The average Bonchev–Trinajstić information content (AvgIpc) is 2.33. The lowest BCUT2D eigenvalue weighted by atomic mass is 9.99. The van der Waals surface area contributed by atoms with E-state index in [0.717, 1.165) is 24.2 Å². The minimum absolute atomic E-state index is 0.0777. The van der Waals surface area contributed by atoms with Crippen LogP contribution in [0.3, 0.4) is 0 Å². The van der Waals surface area contributed by atoms with Crippen molar-refractivity contribution in [2.45, 2.75) is 19.8 Å². The van der Waals surface area contributed by atoms with E-state index in [1.165, 1.54) is 0 Å². The first kappa shape index (κ1) is 11.1. The molecule has 1 aliphatic heterocycles. The Balaban J connectivity index is 1.93. The first-order valence-corrected chi connectivity index (χ1v) is 5.57. The van der Waals surface area contributed by atoms with Gasteiger partial charge in [0.1, 0.15) is 0 Å². The first-order chi connectivity index (χ1) is 7.75. The Kier molecular flexibility index (Phi) is 3.51. The Morgan fingerprint density at radius 1 is 1.44 bits per heavy atom. The van der Waals surface area contributed by atoms with Crippen molar-refractivity contribution in [1.82, 2.24) is 4.98 Å². The molecule has 4 nitrogen and oxygen atoms in total. The van der Waals surface area contributed by atoms with E-state index in [2.05, 4.69) is 10.3 Å². The first-order valence-electron chi connectivity index (χ1n) is 5.57. The number of nitrogens with one attached hydrogen (secondary N) is 1. The molecule has 1 fully saturated rings. The molecule has 0 unspecified atom stereocenters. The van der Waals surface area contributed by atoms with Gasteiger partial charge in [0.15, 0.2) is 0 Å². The number of ether oxygens (including phenoxy) is 1. The maximum absolute atomic E-state index is 11.9. The number of rotatable bonds is 2. The van der Waals surface area contributed by atoms with Crippen LogP contribution in [0.5, 0.6) is 0 Å². The number of amides is 1. The molecule has 1 N–H and O–H groups in total. The number of hydrogen-bond donors (Lipinski definition) is 1. The van der Waals surface area contributed by atoms with Gasteiger partial charge in [-0.05, 0) is 31.9 Å². The van der Waals surface area contributed by atoms with Crippen LogP contribution in [0.4, 0.5) is 5.69 Å². The number of anilines is 1. The number of nitrogens with zero attached hydrogens (tertiary/aromatic N) is 1. The molecule has 0 aromatic carbocycles. The maximum Gasteiger partial charge on any atom is 0.227 e. The monoisotopic (exact) mass is 220 g/mol. The standard InChI is InChI=1S/C12H16N2O2/c1-9-2-3-11(8-13-9)14-12(15)10-4-6-16-7-5-10/h2-3,8,10H,4-7H2,1H3,(H,14,15). The Morgan fingerprint density at radius 3 is 2.81 bits per heavy atom. The molecule has 1 amide bonds. The molecule has 2 rings (SSSR count). The molecule has 1 aliphatic rings. The number of aryl methyl sites for hydroxylation is 1. The van der Waals surface area contributed by atoms with Crippen LogP contribution in [0.25, 0.3) is 0 Å². The SMILES string of the molecule is Cc1ccc(NC(=O)C2CCOCC2)cn1. The summed E-state index contributed by atoms with van der Waals surface area (Å²) in [5.41, 5.74) is 1.71. The fourth-order valence-corrected chi connectivity index (χ4v) is 1.75. The summed E-state index contributed by atoms with van der Waals surface area (Å²) < 4.78 is 5.22. The van der Waals surface area contributed by atoms with Crippen LogP contribution in [0.15, 0.2) is 18.3 Å². The van der Waals surface area contributed by atoms with Crippen molar-refractivity contribution in [2.24, 2.45) is 5.92 Å². The number of pyridine rings is 1. The molecule has 0 spiro atoms. The molecule has 0 bridgehead atoms. The fraction of sp³-hybridized carbons (Fsp3) is 0.500. The molecule has 1 saturated heterocycles. The van der Waals surface area contributed by atoms with E-state index in [4.69, 9.17) is 4.74 Å². The van der Waals surface area contributed by atoms with Crippen LogP contribution in [0.1, 0.15) is 18.5 Å². The highest BCUT2D eigenvalue weighted by molar-refractivity contribution is 5.92. The molecular formula is C12H16N2O2. The Labute approximate surface area is 95.0 Å². The van der Waals surface area contributed by atoms with Crippen LogP contribution in [-0.2, 0) is 9.53 Å². The van der Waals surface area contributed by atoms with Crippen molar-refractivity contribution in [3.8, 4) is 0 Å². The van der Waals surface area contributed by atoms with E-state index in [1.807, 2.05) is 19.1 Å². The van der Waals surface area contributed by atoms with Gasteiger partial charge in [0.25, 0.3) is 0 Å². The van der Waals surface area contributed by atoms with Gasteiger partial charge in [-0.25, -0.2) is 0 Å². The summed E-state index contributed by atoms with van der Waals surface area (Å²) in [5.74, 6) is 0.156. The molecule has 1 aromatic rings. The zero-order chi connectivity index (χ0) is 11.4. The van der Waals surface area contributed by atoms with Gasteiger partial charge < -0.3 is 10.1 Å². The summed E-state index contributed by atoms with van der Waals surface area (Å²) in [5, 5.41) is 2.88. The highest BCUT2D eigenvalue weighted by atomic mass is 16.5. The maximum atomic E-state index is 11.9. The third-order valence-corrected chi connectivity index (χ3v) is 2.77. The quantitative estimate of drug-likeness (QED) is 0.826. The molecule has 1 aromatic heterocycles. The molecule has 0 atom stereocenters. The van der Waals surface area contributed by atoms with E-state index in [0.29, 0.717) is 13.2 Å². The van der Waals surface area contributed by atoms with Crippen LogP contribution < -0.4 is 5.32 Å². The van der Waals surface area contributed by atoms with Gasteiger partial charge in [-0.1, -0.05) is 0 Å². The highest BCUT2D eigenvalue weighted by Crippen LogP contribution is 2.17. The average molecular weight is 220 g/mol. The van der Waals surface area contributed by atoms with Crippen molar-refractivity contribution >= 4 is 11.6 Å². The number of hydrogen-bond acceptors (Lipinski definition) is 3. The third kappa shape index (κ3) is 2.79. The smallest absolute Gasteiger partial charge is 0.227 e. The topological polar surface area (TPSA) is 51.2 Å². The second-order valence-electron chi connectivity index (χ2n) is 4.06. The zero-order valence-corrected chi connectivity index (χ0v) is 9.40. The largest absolute Gasteiger partial charge is 0.381 e. The predicted molar refractivity (Wildman–Crippen MR) is 61.1 cm³/mol. The second kappa shape index (κ2) is 5.07. The van der Waals surface area contributed by atoms with Gasteiger partial charge in [0.2, 0.25) is 5.91 Å². The summed E-state index contributed by atoms with van der Waals surface area (Å²) in [4.78, 5) is 16.0. The van der Waals surface area contributed by atoms with E-state index in [-0.39, 0.29) is 11.8 Å². The van der Waals surface area contributed by atoms with Gasteiger partial charge in [0, 0.05) is 24.8 Å². The zero-order valence-electron chi connectivity index (χ0n) is 9.40. The van der Waals surface area contributed by atoms with Gasteiger partial charge in [-0.2, -0.15) is 0 Å². The van der Waals surface area contributed by atoms with Crippen molar-refractivity contribution in [2.75, 3.05) is 18.5 Å². The molecule has 0 aliphatic carbocycles. The van der Waals surface area contributed by atoms with Crippen LogP contribution in [0.2, 0.25) is 0 Å². The molecule has 2 heterocycles. The van der Waals surface area contributed by atoms with Gasteiger partial charge in [-0.15, -0.1) is 0 Å². The van der Waals surface area contributed by atoms with Crippen LogP contribution >= 0.6 is 0 Å². The van der Waals surface area contributed by atoms with E-state index in [9.17, 15) is 4.79 Å². The minimum Gasteiger partial charge on any atom is -0.381 e. The van der Waals surface area contributed by atoms with Crippen LogP contribution in [0, 0.1) is 12.8 Å². The van der Waals surface area contributed by atoms with Crippen molar-refractivity contribution in [3.05, 3.63) is 24.0 Å². The number of carbonyl (C=O) groups excluding carboxylic acids is 1.